The van der Waals surface area contributed by atoms with Crippen molar-refractivity contribution in [2.24, 2.45) is 0 Å². The number of hydrogen-bond acceptors (Lipinski definition) is 2. The van der Waals surface area contributed by atoms with Crippen molar-refractivity contribution in [3.8, 4) is 0 Å². The quantitative estimate of drug-likeness (QED) is 0.783. The third kappa shape index (κ3) is 2.67. The van der Waals surface area contributed by atoms with E-state index in [-0.39, 0.29) is 0 Å². The van der Waals surface area contributed by atoms with Crippen LogP contribution in [0.1, 0.15) is 17.2 Å². The molecule has 1 unspecified atom stereocenters. The fourth-order valence-corrected chi connectivity index (χ4v) is 2.47. The number of aliphatic hydroxyl groups excluding tert-OH is 1. The number of aliphatic hydroxyl groups is 1. The number of aromatic nitrogens is 1. The van der Waals surface area contributed by atoms with Gasteiger partial charge in [0.1, 0.15) is 0 Å². The summed E-state index contributed by atoms with van der Waals surface area (Å²) in [7, 11) is 0. The molecule has 0 aliphatic rings. The number of halogens is 1. The molecule has 20 heavy (non-hydrogen) atoms. The Bertz CT molecular complexity index is 742. The summed E-state index contributed by atoms with van der Waals surface area (Å²) in [4.78, 5) is 4.37. The van der Waals surface area contributed by atoms with Crippen molar-refractivity contribution < 1.29 is 5.11 Å². The van der Waals surface area contributed by atoms with Crippen molar-refractivity contribution in [1.82, 2.24) is 4.98 Å². The average Bonchev–Trinajstić information content (AvgIpc) is 2.49. The molecule has 0 spiro atoms. The minimum absolute atomic E-state index is 0.486. The molecule has 1 N–H and O–H groups in total. The number of rotatable bonds is 3. The van der Waals surface area contributed by atoms with E-state index >= 15 is 0 Å². The zero-order valence-electron chi connectivity index (χ0n) is 10.8. The van der Waals surface area contributed by atoms with Crippen LogP contribution in [0.3, 0.4) is 0 Å². The molecule has 0 saturated heterocycles. The Balaban J connectivity index is 1.89. The Morgan fingerprint density at radius 3 is 2.65 bits per heavy atom. The Labute approximate surface area is 122 Å². The predicted octanol–water partition coefficient (Wildman–Crippen LogP) is 4.16. The lowest BCUT2D eigenvalue weighted by Crippen LogP contribution is -2.03. The van der Waals surface area contributed by atoms with Gasteiger partial charge in [-0.15, -0.1) is 0 Å². The highest BCUT2D eigenvalue weighted by molar-refractivity contribution is 6.31. The molecule has 0 aliphatic heterocycles. The summed E-state index contributed by atoms with van der Waals surface area (Å²) in [6.45, 7) is 0. The molecule has 2 aromatic carbocycles. The summed E-state index contributed by atoms with van der Waals surface area (Å²) in [5, 5.41) is 12.1. The first-order valence-corrected chi connectivity index (χ1v) is 6.88. The van der Waals surface area contributed by atoms with E-state index in [9.17, 15) is 5.11 Å². The van der Waals surface area contributed by atoms with Gasteiger partial charge in [0.15, 0.2) is 0 Å². The van der Waals surface area contributed by atoms with Crippen LogP contribution >= 0.6 is 11.6 Å². The van der Waals surface area contributed by atoms with E-state index in [1.165, 1.54) is 0 Å². The van der Waals surface area contributed by atoms with Crippen LogP contribution in [0.25, 0.3) is 10.9 Å². The second kappa shape index (κ2) is 5.61. The molecule has 1 aromatic heterocycles. The van der Waals surface area contributed by atoms with E-state index in [4.69, 9.17) is 11.6 Å². The van der Waals surface area contributed by atoms with Crippen LogP contribution < -0.4 is 0 Å². The highest BCUT2D eigenvalue weighted by Crippen LogP contribution is 2.24. The van der Waals surface area contributed by atoms with Crippen molar-refractivity contribution in [2.75, 3.05) is 0 Å². The topological polar surface area (TPSA) is 33.1 Å². The van der Waals surface area contributed by atoms with E-state index in [1.807, 2.05) is 54.6 Å². The highest BCUT2D eigenvalue weighted by Gasteiger charge is 2.11. The van der Waals surface area contributed by atoms with Crippen molar-refractivity contribution in [2.45, 2.75) is 12.5 Å². The van der Waals surface area contributed by atoms with E-state index in [0.29, 0.717) is 11.4 Å². The number of pyridine rings is 1. The summed E-state index contributed by atoms with van der Waals surface area (Å²) in [5.41, 5.74) is 2.68. The van der Waals surface area contributed by atoms with E-state index in [1.54, 1.807) is 6.20 Å². The summed E-state index contributed by atoms with van der Waals surface area (Å²) < 4.78 is 0. The number of nitrogens with zero attached hydrogens (tertiary/aromatic N) is 1. The van der Waals surface area contributed by atoms with Gasteiger partial charge in [0, 0.05) is 23.0 Å². The predicted molar refractivity (Wildman–Crippen MR) is 81.9 cm³/mol. The lowest BCUT2D eigenvalue weighted by Gasteiger charge is -2.12. The van der Waals surface area contributed by atoms with Crippen molar-refractivity contribution in [1.29, 1.82) is 0 Å². The molecule has 1 atom stereocenters. The molecule has 3 rings (SSSR count). The second-order valence-electron chi connectivity index (χ2n) is 4.77. The van der Waals surface area contributed by atoms with Crippen molar-refractivity contribution in [3.05, 3.63) is 76.9 Å². The molecule has 0 aliphatic carbocycles. The molecule has 0 amide bonds. The third-order valence-electron chi connectivity index (χ3n) is 3.37. The van der Waals surface area contributed by atoms with Crippen LogP contribution in [0.5, 0.6) is 0 Å². The van der Waals surface area contributed by atoms with E-state index in [2.05, 4.69) is 4.98 Å². The van der Waals surface area contributed by atoms with Gasteiger partial charge in [-0.25, -0.2) is 0 Å². The fourth-order valence-electron chi connectivity index (χ4n) is 2.26. The zero-order chi connectivity index (χ0) is 13.9. The van der Waals surface area contributed by atoms with Crippen LogP contribution in [0.2, 0.25) is 5.02 Å². The molecule has 2 nitrogen and oxygen atoms in total. The SMILES string of the molecule is OC(Cc1ccccc1Cl)c1cnc2ccccc2c1. The summed E-state index contributed by atoms with van der Waals surface area (Å²) in [6.07, 6.45) is 1.61. The number of fused-ring (bicyclic) bond motifs is 1. The maximum absolute atomic E-state index is 10.4. The van der Waals surface area contributed by atoms with Gasteiger partial charge in [0.2, 0.25) is 0 Å². The first-order valence-electron chi connectivity index (χ1n) is 6.50. The average molecular weight is 284 g/mol. The van der Waals surface area contributed by atoms with Crippen LogP contribution in [-0.2, 0) is 6.42 Å². The smallest absolute Gasteiger partial charge is 0.0845 e. The molecular weight excluding hydrogens is 270 g/mol. The summed E-state index contributed by atoms with van der Waals surface area (Å²) in [5.74, 6) is 0. The van der Waals surface area contributed by atoms with Gasteiger partial charge in [0.05, 0.1) is 11.6 Å². The number of hydrogen-bond donors (Lipinski definition) is 1. The summed E-state index contributed by atoms with van der Waals surface area (Å²) >= 11 is 6.12. The van der Waals surface area contributed by atoms with Gasteiger partial charge in [-0.2, -0.15) is 0 Å². The first kappa shape index (κ1) is 13.1. The van der Waals surface area contributed by atoms with Gasteiger partial charge < -0.3 is 5.11 Å². The molecule has 0 radical (unpaired) electrons. The molecule has 1 heterocycles. The van der Waals surface area contributed by atoms with Crippen LogP contribution in [-0.4, -0.2) is 10.1 Å². The lowest BCUT2D eigenvalue weighted by atomic mass is 10.0. The maximum Gasteiger partial charge on any atom is 0.0845 e. The molecular formula is C17H14ClNO. The highest BCUT2D eigenvalue weighted by atomic mass is 35.5. The molecule has 100 valence electrons. The van der Waals surface area contributed by atoms with Crippen LogP contribution in [0, 0.1) is 0 Å². The monoisotopic (exact) mass is 283 g/mol. The van der Waals surface area contributed by atoms with Gasteiger partial charge in [-0.05, 0) is 29.3 Å². The van der Waals surface area contributed by atoms with Gasteiger partial charge in [-0.3, -0.25) is 4.98 Å². The lowest BCUT2D eigenvalue weighted by molar-refractivity contribution is 0.178. The largest absolute Gasteiger partial charge is 0.388 e. The Morgan fingerprint density at radius 2 is 1.80 bits per heavy atom. The normalized spacial score (nSPS) is 12.5. The van der Waals surface area contributed by atoms with Crippen LogP contribution in [0.15, 0.2) is 60.8 Å². The minimum atomic E-state index is -0.605. The van der Waals surface area contributed by atoms with E-state index < -0.39 is 6.10 Å². The molecule has 0 fully saturated rings. The van der Waals surface area contributed by atoms with Gasteiger partial charge in [-0.1, -0.05) is 48.0 Å². The Morgan fingerprint density at radius 1 is 1.05 bits per heavy atom. The van der Waals surface area contributed by atoms with Gasteiger partial charge in [0.25, 0.3) is 0 Å². The molecule has 0 bridgehead atoms. The minimum Gasteiger partial charge on any atom is -0.388 e. The summed E-state index contributed by atoms with van der Waals surface area (Å²) in [6, 6.07) is 17.4. The standard InChI is InChI=1S/C17H14ClNO/c18-15-7-3-1-5-12(15)10-17(20)14-9-13-6-2-4-8-16(13)19-11-14/h1-9,11,17,20H,10H2. The zero-order valence-corrected chi connectivity index (χ0v) is 11.6. The molecule has 0 saturated carbocycles. The van der Waals surface area contributed by atoms with E-state index in [0.717, 1.165) is 22.0 Å². The second-order valence-corrected chi connectivity index (χ2v) is 5.18. The maximum atomic E-state index is 10.4. The first-order chi connectivity index (χ1) is 9.74. The number of para-hydroxylation sites is 1. The fraction of sp³-hybridized carbons (Fsp3) is 0.118. The Hall–Kier alpha value is -1.90. The number of benzene rings is 2. The Kier molecular flexibility index (Phi) is 3.68. The van der Waals surface area contributed by atoms with Gasteiger partial charge >= 0.3 is 0 Å². The van der Waals surface area contributed by atoms with Crippen molar-refractivity contribution >= 4 is 22.5 Å². The third-order valence-corrected chi connectivity index (χ3v) is 3.74. The van der Waals surface area contributed by atoms with Crippen molar-refractivity contribution in [3.63, 3.8) is 0 Å². The molecule has 3 aromatic rings. The van der Waals surface area contributed by atoms with Crippen LogP contribution in [0.4, 0.5) is 0 Å². The molecule has 3 heteroatoms.